The summed E-state index contributed by atoms with van der Waals surface area (Å²) in [5.41, 5.74) is 2.49. The monoisotopic (exact) mass is 443 g/mol. The van der Waals surface area contributed by atoms with Crippen LogP contribution in [-0.2, 0) is 28.2 Å². The summed E-state index contributed by atoms with van der Waals surface area (Å²) in [7, 11) is 0. The Bertz CT molecular complexity index is 1250. The number of hydrogen-bond acceptors (Lipinski definition) is 4. The second-order valence-electron chi connectivity index (χ2n) is 10.4. The van der Waals surface area contributed by atoms with Gasteiger partial charge in [0.1, 0.15) is 5.41 Å². The number of pyridine rings is 1. The molecule has 0 radical (unpaired) electrons. The SMILES string of the molecule is CC(C)(C)CC(=O)N1CC2(C1)C(=O)N(Cc1ncc3ccccc3c1CO)c1ccccc12. The van der Waals surface area contributed by atoms with E-state index in [-0.39, 0.29) is 30.4 Å². The zero-order valence-electron chi connectivity index (χ0n) is 19.3. The average molecular weight is 444 g/mol. The summed E-state index contributed by atoms with van der Waals surface area (Å²) in [6.45, 7) is 7.11. The molecule has 3 aromatic rings. The number of carbonyl (C=O) groups excluding carboxylic acids is 2. The molecule has 2 amide bonds. The van der Waals surface area contributed by atoms with Gasteiger partial charge >= 0.3 is 0 Å². The number of likely N-dealkylation sites (tertiary alicyclic amines) is 1. The Morgan fingerprint density at radius 1 is 1.09 bits per heavy atom. The van der Waals surface area contributed by atoms with Crippen molar-refractivity contribution in [1.82, 2.24) is 9.88 Å². The molecule has 2 aliphatic rings. The van der Waals surface area contributed by atoms with E-state index in [0.717, 1.165) is 27.6 Å². The van der Waals surface area contributed by atoms with Crippen LogP contribution in [0.2, 0.25) is 0 Å². The molecule has 6 heteroatoms. The van der Waals surface area contributed by atoms with E-state index >= 15 is 0 Å². The van der Waals surface area contributed by atoms with Crippen LogP contribution in [0.25, 0.3) is 10.8 Å². The van der Waals surface area contributed by atoms with Gasteiger partial charge in [-0.25, -0.2) is 0 Å². The fourth-order valence-corrected chi connectivity index (χ4v) is 5.13. The third-order valence-electron chi connectivity index (χ3n) is 6.78. The number of nitrogens with zero attached hydrogens (tertiary/aromatic N) is 3. The number of aliphatic hydroxyl groups excluding tert-OH is 1. The van der Waals surface area contributed by atoms with Crippen LogP contribution in [0.5, 0.6) is 0 Å². The molecule has 2 aliphatic heterocycles. The van der Waals surface area contributed by atoms with Crippen molar-refractivity contribution < 1.29 is 14.7 Å². The first-order valence-electron chi connectivity index (χ1n) is 11.4. The molecule has 1 saturated heterocycles. The molecule has 6 nitrogen and oxygen atoms in total. The van der Waals surface area contributed by atoms with Crippen molar-refractivity contribution in [3.8, 4) is 0 Å². The van der Waals surface area contributed by atoms with Crippen molar-refractivity contribution in [2.45, 2.75) is 45.8 Å². The summed E-state index contributed by atoms with van der Waals surface area (Å²) in [6.07, 6.45) is 2.26. The summed E-state index contributed by atoms with van der Waals surface area (Å²) in [5, 5.41) is 12.0. The number of benzene rings is 2. The van der Waals surface area contributed by atoms with Crippen LogP contribution in [0.15, 0.2) is 54.7 Å². The summed E-state index contributed by atoms with van der Waals surface area (Å²) in [4.78, 5) is 34.7. The molecule has 5 rings (SSSR count). The standard InChI is InChI=1S/C27H29N3O3/c1-26(2,3)12-24(32)29-16-27(17-29)21-10-6-7-11-23(21)30(25(27)33)14-22-20(15-31)19-9-5-4-8-18(19)13-28-22/h4-11,13,31H,12,14-17H2,1-3H3. The number of fused-ring (bicyclic) bond motifs is 3. The summed E-state index contributed by atoms with van der Waals surface area (Å²) in [5.74, 6) is 0.0953. The van der Waals surface area contributed by atoms with Gasteiger partial charge in [-0.1, -0.05) is 63.2 Å². The van der Waals surface area contributed by atoms with Crippen molar-refractivity contribution in [2.75, 3.05) is 18.0 Å². The number of aliphatic hydroxyl groups is 1. The number of anilines is 1. The Hall–Kier alpha value is -3.25. The van der Waals surface area contributed by atoms with Crippen LogP contribution in [-0.4, -0.2) is 39.9 Å². The molecule has 0 atom stereocenters. The van der Waals surface area contributed by atoms with E-state index in [1.165, 1.54) is 0 Å². The van der Waals surface area contributed by atoms with Crippen LogP contribution in [0, 0.1) is 5.41 Å². The second kappa shape index (κ2) is 7.66. The third-order valence-corrected chi connectivity index (χ3v) is 6.78. The third kappa shape index (κ3) is 3.49. The van der Waals surface area contributed by atoms with Crippen molar-refractivity contribution >= 4 is 28.3 Å². The number of amides is 2. The molecule has 33 heavy (non-hydrogen) atoms. The number of hydrogen-bond donors (Lipinski definition) is 1. The van der Waals surface area contributed by atoms with E-state index in [9.17, 15) is 14.7 Å². The summed E-state index contributed by atoms with van der Waals surface area (Å²) in [6, 6.07) is 15.7. The maximum Gasteiger partial charge on any atom is 0.241 e. The van der Waals surface area contributed by atoms with Gasteiger partial charge in [0.05, 0.1) is 18.8 Å². The minimum absolute atomic E-state index is 0.00218. The van der Waals surface area contributed by atoms with Gasteiger partial charge in [-0.3, -0.25) is 14.6 Å². The zero-order chi connectivity index (χ0) is 23.4. The van der Waals surface area contributed by atoms with Gasteiger partial charge in [0.25, 0.3) is 0 Å². The lowest BCUT2D eigenvalue weighted by molar-refractivity contribution is -0.145. The minimum Gasteiger partial charge on any atom is -0.392 e. The minimum atomic E-state index is -0.694. The molecular formula is C27H29N3O3. The lowest BCUT2D eigenvalue weighted by Gasteiger charge is -2.47. The molecule has 1 fully saturated rings. The summed E-state index contributed by atoms with van der Waals surface area (Å²) < 4.78 is 0. The first kappa shape index (κ1) is 21.6. The predicted molar refractivity (Wildman–Crippen MR) is 128 cm³/mol. The molecule has 170 valence electrons. The van der Waals surface area contributed by atoms with Crippen LogP contribution >= 0.6 is 0 Å². The fraction of sp³-hybridized carbons (Fsp3) is 0.370. The highest BCUT2D eigenvalue weighted by Gasteiger charge is 2.59. The van der Waals surface area contributed by atoms with Crippen LogP contribution in [0.4, 0.5) is 5.69 Å². The Kier molecular flexibility index (Phi) is 5.01. The van der Waals surface area contributed by atoms with Crippen molar-refractivity contribution in [3.63, 3.8) is 0 Å². The lowest BCUT2D eigenvalue weighted by atomic mass is 9.74. The molecule has 2 aromatic carbocycles. The maximum absolute atomic E-state index is 13.8. The number of rotatable bonds is 4. The maximum atomic E-state index is 13.8. The van der Waals surface area contributed by atoms with Crippen molar-refractivity contribution in [2.24, 2.45) is 5.41 Å². The van der Waals surface area contributed by atoms with Crippen molar-refractivity contribution in [3.05, 3.63) is 71.5 Å². The second-order valence-corrected chi connectivity index (χ2v) is 10.4. The van der Waals surface area contributed by atoms with E-state index in [4.69, 9.17) is 0 Å². The van der Waals surface area contributed by atoms with Gasteiger partial charge in [-0.15, -0.1) is 0 Å². The first-order chi connectivity index (χ1) is 15.7. The largest absolute Gasteiger partial charge is 0.392 e. The van der Waals surface area contributed by atoms with Gasteiger partial charge < -0.3 is 14.9 Å². The highest BCUT2D eigenvalue weighted by atomic mass is 16.3. The summed E-state index contributed by atoms with van der Waals surface area (Å²) >= 11 is 0. The Morgan fingerprint density at radius 3 is 2.52 bits per heavy atom. The van der Waals surface area contributed by atoms with Crippen molar-refractivity contribution in [1.29, 1.82) is 0 Å². The smallest absolute Gasteiger partial charge is 0.241 e. The molecule has 0 unspecified atom stereocenters. The molecular weight excluding hydrogens is 414 g/mol. The van der Waals surface area contributed by atoms with E-state index in [1.54, 1.807) is 16.0 Å². The molecule has 0 saturated carbocycles. The van der Waals surface area contributed by atoms with Gasteiger partial charge in [0.2, 0.25) is 11.8 Å². The highest BCUT2D eigenvalue weighted by molar-refractivity contribution is 6.10. The molecule has 0 aliphatic carbocycles. The molecule has 3 heterocycles. The van der Waals surface area contributed by atoms with Gasteiger partial charge in [0, 0.05) is 42.3 Å². The Balaban J connectivity index is 1.46. The number of para-hydroxylation sites is 1. The number of carbonyl (C=O) groups is 2. The quantitative estimate of drug-likeness (QED) is 0.666. The van der Waals surface area contributed by atoms with Crippen LogP contribution in [0.1, 0.15) is 44.0 Å². The predicted octanol–water partition coefficient (Wildman–Crippen LogP) is 3.79. The molecule has 0 bridgehead atoms. The van der Waals surface area contributed by atoms with Gasteiger partial charge in [-0.2, -0.15) is 0 Å². The molecule has 1 N–H and O–H groups in total. The van der Waals surface area contributed by atoms with Gasteiger partial charge in [-0.05, 0) is 22.4 Å². The highest BCUT2D eigenvalue weighted by Crippen LogP contribution is 2.48. The Morgan fingerprint density at radius 2 is 1.79 bits per heavy atom. The zero-order valence-corrected chi connectivity index (χ0v) is 19.3. The Labute approximate surface area is 193 Å². The van der Waals surface area contributed by atoms with Crippen LogP contribution in [0.3, 0.4) is 0 Å². The van der Waals surface area contributed by atoms with E-state index < -0.39 is 5.41 Å². The number of aromatic nitrogens is 1. The van der Waals surface area contributed by atoms with E-state index in [2.05, 4.69) is 4.98 Å². The first-order valence-corrected chi connectivity index (χ1v) is 11.4. The van der Waals surface area contributed by atoms with Gasteiger partial charge in [0.15, 0.2) is 0 Å². The topological polar surface area (TPSA) is 73.7 Å². The normalized spacial score (nSPS) is 16.9. The molecule has 1 aromatic heterocycles. The molecule has 1 spiro atoms. The fourth-order valence-electron chi connectivity index (χ4n) is 5.13. The van der Waals surface area contributed by atoms with E-state index in [0.29, 0.717) is 25.2 Å². The van der Waals surface area contributed by atoms with E-state index in [1.807, 2.05) is 69.3 Å². The average Bonchev–Trinajstić information content (AvgIpc) is 2.99. The van der Waals surface area contributed by atoms with Crippen LogP contribution < -0.4 is 4.90 Å². The lowest BCUT2D eigenvalue weighted by Crippen LogP contribution is -2.65.